The van der Waals surface area contributed by atoms with Crippen molar-refractivity contribution in [3.8, 4) is 5.75 Å². The van der Waals surface area contributed by atoms with Crippen molar-refractivity contribution in [2.75, 3.05) is 18.2 Å². The highest BCUT2D eigenvalue weighted by Gasteiger charge is 2.11. The number of carbonyl (C=O) groups excluding carboxylic acids is 1. The Morgan fingerprint density at radius 3 is 2.85 bits per heavy atom. The van der Waals surface area contributed by atoms with Gasteiger partial charge in [-0.3, -0.25) is 4.79 Å². The molecule has 1 amide bonds. The maximum absolute atomic E-state index is 12.2. The van der Waals surface area contributed by atoms with Crippen LogP contribution >= 0.6 is 27.5 Å². The van der Waals surface area contributed by atoms with Crippen molar-refractivity contribution < 1.29 is 9.53 Å². The Hall–Kier alpha value is -1.79. The quantitative estimate of drug-likeness (QED) is 0.653. The van der Waals surface area contributed by atoms with Crippen LogP contribution in [0.15, 0.2) is 34.9 Å². The van der Waals surface area contributed by atoms with Crippen LogP contribution in [0, 0.1) is 0 Å². The van der Waals surface area contributed by atoms with E-state index in [1.165, 1.54) is 7.11 Å². The van der Waals surface area contributed by atoms with Crippen molar-refractivity contribution >= 4 is 44.8 Å². The molecule has 2 rings (SSSR count). The monoisotopic (exact) mass is 355 g/mol. The molecule has 0 radical (unpaired) electrons. The third-order valence-electron chi connectivity index (χ3n) is 2.48. The van der Waals surface area contributed by atoms with Crippen molar-refractivity contribution in [3.05, 3.63) is 45.7 Å². The normalized spacial score (nSPS) is 10.2. The Balaban J connectivity index is 2.28. The maximum atomic E-state index is 12.2. The lowest BCUT2D eigenvalue weighted by molar-refractivity contribution is 0.102. The number of amides is 1. The molecule has 0 spiro atoms. The van der Waals surface area contributed by atoms with Gasteiger partial charge in [-0.1, -0.05) is 11.6 Å². The third kappa shape index (κ3) is 3.40. The van der Waals surface area contributed by atoms with Crippen LogP contribution in [0.3, 0.4) is 0 Å². The minimum absolute atomic E-state index is 0.206. The number of carbonyl (C=O) groups is 1. The largest absolute Gasteiger partial charge is 0.497 e. The summed E-state index contributed by atoms with van der Waals surface area (Å²) in [5, 5.41) is 2.88. The van der Waals surface area contributed by atoms with Gasteiger partial charge in [0, 0.05) is 28.0 Å². The molecule has 104 valence electrons. The van der Waals surface area contributed by atoms with E-state index in [0.29, 0.717) is 27.2 Å². The molecule has 0 aliphatic rings. The summed E-state index contributed by atoms with van der Waals surface area (Å²) in [5.74, 6) is 0.158. The highest BCUT2D eigenvalue weighted by Crippen LogP contribution is 2.25. The highest BCUT2D eigenvalue weighted by atomic mass is 79.9. The smallest absolute Gasteiger partial charge is 0.255 e. The van der Waals surface area contributed by atoms with Crippen LogP contribution in [-0.4, -0.2) is 18.0 Å². The Kier molecular flexibility index (Phi) is 4.46. The highest BCUT2D eigenvalue weighted by molar-refractivity contribution is 9.10. The summed E-state index contributed by atoms with van der Waals surface area (Å²) in [4.78, 5) is 16.1. The molecule has 0 aliphatic carbocycles. The molecule has 0 unspecified atom stereocenters. The molecule has 0 fully saturated rings. The van der Waals surface area contributed by atoms with Gasteiger partial charge < -0.3 is 15.8 Å². The van der Waals surface area contributed by atoms with E-state index in [4.69, 9.17) is 22.1 Å². The zero-order chi connectivity index (χ0) is 14.7. The zero-order valence-corrected chi connectivity index (χ0v) is 12.8. The SMILES string of the molecule is COc1cc(N)cc(C(=O)Nc2cc(Br)cnc2Cl)c1. The Labute approximate surface area is 129 Å². The van der Waals surface area contributed by atoms with Gasteiger partial charge in [0.15, 0.2) is 5.15 Å². The number of pyridine rings is 1. The first-order valence-corrected chi connectivity index (χ1v) is 6.73. The van der Waals surface area contributed by atoms with E-state index < -0.39 is 0 Å². The Bertz CT molecular complexity index is 664. The lowest BCUT2D eigenvalue weighted by Gasteiger charge is -2.09. The first-order chi connectivity index (χ1) is 9.49. The van der Waals surface area contributed by atoms with Crippen molar-refractivity contribution in [1.82, 2.24) is 4.98 Å². The van der Waals surface area contributed by atoms with Gasteiger partial charge in [0.25, 0.3) is 5.91 Å². The van der Waals surface area contributed by atoms with Gasteiger partial charge in [-0.25, -0.2) is 4.98 Å². The fraction of sp³-hybridized carbons (Fsp3) is 0.0769. The third-order valence-corrected chi connectivity index (χ3v) is 3.22. The Morgan fingerprint density at radius 2 is 2.15 bits per heavy atom. The number of aromatic nitrogens is 1. The summed E-state index contributed by atoms with van der Waals surface area (Å²) in [6.45, 7) is 0. The number of hydrogen-bond donors (Lipinski definition) is 2. The number of nitrogens with zero attached hydrogens (tertiary/aromatic N) is 1. The number of nitrogen functional groups attached to an aromatic ring is 1. The van der Waals surface area contributed by atoms with Crippen LogP contribution in [0.25, 0.3) is 0 Å². The van der Waals surface area contributed by atoms with Gasteiger partial charge in [0.1, 0.15) is 5.75 Å². The number of ether oxygens (including phenoxy) is 1. The van der Waals surface area contributed by atoms with E-state index in [1.807, 2.05) is 0 Å². The number of rotatable bonds is 3. The molecule has 3 N–H and O–H groups in total. The molecule has 7 heteroatoms. The summed E-state index contributed by atoms with van der Waals surface area (Å²) < 4.78 is 5.78. The number of nitrogens with one attached hydrogen (secondary N) is 1. The fourth-order valence-corrected chi connectivity index (χ4v) is 2.06. The first-order valence-electron chi connectivity index (χ1n) is 5.56. The Morgan fingerprint density at radius 1 is 1.40 bits per heavy atom. The predicted octanol–water partition coefficient (Wildman–Crippen LogP) is 3.34. The second-order valence-electron chi connectivity index (χ2n) is 3.94. The molecule has 0 atom stereocenters. The van der Waals surface area contributed by atoms with Crippen LogP contribution in [0.1, 0.15) is 10.4 Å². The molecule has 0 aliphatic heterocycles. The summed E-state index contributed by atoms with van der Waals surface area (Å²) in [6, 6.07) is 6.43. The molecule has 0 bridgehead atoms. The van der Waals surface area contributed by atoms with Crippen LogP contribution in [-0.2, 0) is 0 Å². The van der Waals surface area contributed by atoms with Crippen LogP contribution in [0.5, 0.6) is 5.75 Å². The summed E-state index contributed by atoms with van der Waals surface area (Å²) >= 11 is 9.19. The molecule has 2 aromatic rings. The molecule has 1 aromatic heterocycles. The molecule has 0 saturated carbocycles. The summed E-state index contributed by atoms with van der Waals surface area (Å²) in [7, 11) is 1.51. The molecule has 1 heterocycles. The molecule has 1 aromatic carbocycles. The van der Waals surface area contributed by atoms with Crippen LogP contribution in [0.2, 0.25) is 5.15 Å². The molecule has 20 heavy (non-hydrogen) atoms. The average molecular weight is 357 g/mol. The minimum Gasteiger partial charge on any atom is -0.497 e. The van der Waals surface area contributed by atoms with Gasteiger partial charge >= 0.3 is 0 Å². The zero-order valence-electron chi connectivity index (χ0n) is 10.5. The average Bonchev–Trinajstić information content (AvgIpc) is 2.42. The second-order valence-corrected chi connectivity index (χ2v) is 5.21. The van der Waals surface area contributed by atoms with E-state index in [1.54, 1.807) is 30.5 Å². The molecule has 5 nitrogen and oxygen atoms in total. The van der Waals surface area contributed by atoms with Crippen molar-refractivity contribution in [2.24, 2.45) is 0 Å². The van der Waals surface area contributed by atoms with Gasteiger partial charge in [-0.05, 0) is 34.1 Å². The van der Waals surface area contributed by atoms with E-state index in [9.17, 15) is 4.79 Å². The number of anilines is 2. The van der Waals surface area contributed by atoms with E-state index >= 15 is 0 Å². The predicted molar refractivity (Wildman–Crippen MR) is 82.3 cm³/mol. The summed E-state index contributed by atoms with van der Waals surface area (Å²) in [5.41, 5.74) is 6.93. The van der Waals surface area contributed by atoms with Gasteiger partial charge in [-0.15, -0.1) is 0 Å². The maximum Gasteiger partial charge on any atom is 0.255 e. The minimum atomic E-state index is -0.350. The number of nitrogens with two attached hydrogens (primary N) is 1. The van der Waals surface area contributed by atoms with Crippen LogP contribution in [0.4, 0.5) is 11.4 Å². The van der Waals surface area contributed by atoms with E-state index in [2.05, 4.69) is 26.2 Å². The van der Waals surface area contributed by atoms with Gasteiger partial charge in [-0.2, -0.15) is 0 Å². The fourth-order valence-electron chi connectivity index (χ4n) is 1.58. The summed E-state index contributed by atoms with van der Waals surface area (Å²) in [6.07, 6.45) is 1.54. The number of hydrogen-bond acceptors (Lipinski definition) is 4. The van der Waals surface area contributed by atoms with Crippen molar-refractivity contribution in [2.45, 2.75) is 0 Å². The lowest BCUT2D eigenvalue weighted by Crippen LogP contribution is -2.13. The topological polar surface area (TPSA) is 77.2 Å². The van der Waals surface area contributed by atoms with E-state index in [-0.39, 0.29) is 11.1 Å². The molecule has 0 saturated heterocycles. The number of benzene rings is 1. The second kappa shape index (κ2) is 6.11. The first kappa shape index (κ1) is 14.6. The van der Waals surface area contributed by atoms with Crippen LogP contribution < -0.4 is 15.8 Å². The number of halogens is 2. The number of methoxy groups -OCH3 is 1. The lowest BCUT2D eigenvalue weighted by atomic mass is 10.1. The van der Waals surface area contributed by atoms with Gasteiger partial charge in [0.2, 0.25) is 0 Å². The molecular formula is C13H11BrClN3O2. The standard InChI is InChI=1S/C13H11BrClN3O2/c1-20-10-3-7(2-9(16)5-10)13(19)18-11-4-8(14)6-17-12(11)15/h2-6H,16H2,1H3,(H,18,19). The van der Waals surface area contributed by atoms with E-state index in [0.717, 1.165) is 0 Å². The van der Waals surface area contributed by atoms with Gasteiger partial charge in [0.05, 0.1) is 12.8 Å². The van der Waals surface area contributed by atoms with Crippen molar-refractivity contribution in [1.29, 1.82) is 0 Å². The molecular weight excluding hydrogens is 346 g/mol. The van der Waals surface area contributed by atoms with Crippen molar-refractivity contribution in [3.63, 3.8) is 0 Å².